The molecule has 2 aliphatic rings. The van der Waals surface area contributed by atoms with Crippen molar-refractivity contribution in [3.8, 4) is 0 Å². The summed E-state index contributed by atoms with van der Waals surface area (Å²) in [6.45, 7) is 3.76. The van der Waals surface area contributed by atoms with Crippen molar-refractivity contribution in [1.82, 2.24) is 20.4 Å². The van der Waals surface area contributed by atoms with Crippen LogP contribution in [0.15, 0.2) is 42.6 Å². The molecule has 2 amide bonds. The van der Waals surface area contributed by atoms with Gasteiger partial charge in [-0.2, -0.15) is 5.10 Å². The van der Waals surface area contributed by atoms with Gasteiger partial charge in [-0.05, 0) is 63.0 Å². The maximum atomic E-state index is 13.1. The molecule has 1 saturated carbocycles. The van der Waals surface area contributed by atoms with Crippen LogP contribution in [-0.4, -0.2) is 66.2 Å². The maximum Gasteiger partial charge on any atom is 0.318 e. The Morgan fingerprint density at radius 3 is 2.67 bits per heavy atom. The van der Waals surface area contributed by atoms with E-state index in [1.807, 2.05) is 17.9 Å². The molecule has 1 aromatic carbocycles. The first-order chi connectivity index (χ1) is 16.2. The summed E-state index contributed by atoms with van der Waals surface area (Å²) in [5.41, 5.74) is 2.52. The van der Waals surface area contributed by atoms with E-state index in [4.69, 9.17) is 9.47 Å². The molecular weight excluding hydrogens is 416 g/mol. The number of nitrogens with zero attached hydrogens (tertiary/aromatic N) is 2. The number of carbonyl (C=O) groups excluding carboxylic acids is 1. The lowest BCUT2D eigenvalue weighted by Gasteiger charge is -2.42. The largest absolute Gasteiger partial charge is 0.383 e. The van der Waals surface area contributed by atoms with Crippen molar-refractivity contribution in [3.05, 3.63) is 53.9 Å². The molecular formula is C26H38N4O3. The van der Waals surface area contributed by atoms with E-state index in [9.17, 15) is 4.79 Å². The molecule has 2 N–H and O–H groups in total. The van der Waals surface area contributed by atoms with E-state index in [1.165, 1.54) is 5.56 Å². The fourth-order valence-electron chi connectivity index (χ4n) is 5.46. The van der Waals surface area contributed by atoms with Gasteiger partial charge in [-0.1, -0.05) is 30.3 Å². The third kappa shape index (κ3) is 6.15. The number of methoxy groups -OCH3 is 1. The molecule has 1 aliphatic heterocycles. The quantitative estimate of drug-likeness (QED) is 0.618. The van der Waals surface area contributed by atoms with Gasteiger partial charge in [-0.3, -0.25) is 5.10 Å². The minimum Gasteiger partial charge on any atom is -0.383 e. The Morgan fingerprint density at radius 2 is 1.97 bits per heavy atom. The molecule has 7 nitrogen and oxygen atoms in total. The first-order valence-electron chi connectivity index (χ1n) is 12.4. The van der Waals surface area contributed by atoms with Crippen molar-refractivity contribution in [3.63, 3.8) is 0 Å². The van der Waals surface area contributed by atoms with Gasteiger partial charge in [0, 0.05) is 31.5 Å². The number of hydrogen-bond donors (Lipinski definition) is 2. The van der Waals surface area contributed by atoms with Crippen LogP contribution in [0.2, 0.25) is 0 Å². The topological polar surface area (TPSA) is 79.5 Å². The SMILES string of the molecule is COCC(C)NC(=O)N1CCC[C@H](c2ccn[nH]2)[C@@H]1COC1CCC(c2ccccc2)CC1. The number of likely N-dealkylation sites (tertiary alicyclic amines) is 1. The Balaban J connectivity index is 1.38. The van der Waals surface area contributed by atoms with Crippen LogP contribution in [0.25, 0.3) is 0 Å². The van der Waals surface area contributed by atoms with Crippen LogP contribution in [0.4, 0.5) is 4.79 Å². The number of rotatable bonds is 8. The second-order valence-electron chi connectivity index (χ2n) is 9.54. The summed E-state index contributed by atoms with van der Waals surface area (Å²) in [4.78, 5) is 15.1. The van der Waals surface area contributed by atoms with Crippen LogP contribution in [0, 0.1) is 0 Å². The lowest BCUT2D eigenvalue weighted by atomic mass is 9.82. The number of hydrogen-bond acceptors (Lipinski definition) is 4. The third-order valence-electron chi connectivity index (χ3n) is 7.20. The zero-order chi connectivity index (χ0) is 23.0. The fraction of sp³-hybridized carbons (Fsp3) is 0.615. The van der Waals surface area contributed by atoms with E-state index in [2.05, 4.69) is 45.8 Å². The monoisotopic (exact) mass is 454 g/mol. The van der Waals surface area contributed by atoms with E-state index < -0.39 is 0 Å². The lowest BCUT2D eigenvalue weighted by molar-refractivity contribution is -0.0175. The smallest absolute Gasteiger partial charge is 0.318 e. The molecule has 0 bridgehead atoms. The Kier molecular flexibility index (Phi) is 8.40. The number of aromatic amines is 1. The van der Waals surface area contributed by atoms with Crippen molar-refractivity contribution >= 4 is 6.03 Å². The van der Waals surface area contributed by atoms with Gasteiger partial charge in [-0.25, -0.2) is 4.79 Å². The predicted molar refractivity (Wildman–Crippen MR) is 128 cm³/mol. The highest BCUT2D eigenvalue weighted by atomic mass is 16.5. The number of nitrogens with one attached hydrogen (secondary N) is 2. The number of aromatic nitrogens is 2. The average molecular weight is 455 g/mol. The number of amides is 2. The van der Waals surface area contributed by atoms with Crippen LogP contribution in [0.1, 0.15) is 68.5 Å². The fourth-order valence-corrected chi connectivity index (χ4v) is 5.46. The Labute approximate surface area is 197 Å². The molecule has 1 aliphatic carbocycles. The van der Waals surface area contributed by atoms with E-state index in [1.54, 1.807) is 13.3 Å². The molecule has 0 radical (unpaired) electrons. The summed E-state index contributed by atoms with van der Waals surface area (Å²) in [6, 6.07) is 12.8. The highest BCUT2D eigenvalue weighted by molar-refractivity contribution is 5.75. The Hall–Kier alpha value is -2.38. The van der Waals surface area contributed by atoms with Crippen LogP contribution >= 0.6 is 0 Å². The summed E-state index contributed by atoms with van der Waals surface area (Å²) in [6.07, 6.45) is 8.48. The molecule has 2 heterocycles. The predicted octanol–water partition coefficient (Wildman–Crippen LogP) is 4.45. The second-order valence-corrected chi connectivity index (χ2v) is 9.54. The van der Waals surface area contributed by atoms with Gasteiger partial charge in [-0.15, -0.1) is 0 Å². The molecule has 180 valence electrons. The summed E-state index contributed by atoms with van der Waals surface area (Å²) in [5.74, 6) is 0.827. The minimum absolute atomic E-state index is 0.0132. The van der Waals surface area contributed by atoms with Crippen molar-refractivity contribution in [2.24, 2.45) is 0 Å². The van der Waals surface area contributed by atoms with Crippen molar-refractivity contribution < 1.29 is 14.3 Å². The summed E-state index contributed by atoms with van der Waals surface area (Å²) < 4.78 is 11.7. The summed E-state index contributed by atoms with van der Waals surface area (Å²) in [5, 5.41) is 10.4. The van der Waals surface area contributed by atoms with Crippen LogP contribution in [0.5, 0.6) is 0 Å². The van der Waals surface area contributed by atoms with Crippen LogP contribution in [-0.2, 0) is 9.47 Å². The highest BCUT2D eigenvalue weighted by Gasteiger charge is 2.37. The third-order valence-corrected chi connectivity index (χ3v) is 7.20. The maximum absolute atomic E-state index is 13.1. The van der Waals surface area contributed by atoms with E-state index in [0.717, 1.165) is 50.8 Å². The Bertz CT molecular complexity index is 836. The number of urea groups is 1. The van der Waals surface area contributed by atoms with E-state index in [-0.39, 0.29) is 30.1 Å². The number of H-pyrrole nitrogens is 1. The molecule has 7 heteroatoms. The average Bonchev–Trinajstić information content (AvgIpc) is 3.38. The molecule has 2 aromatic rings. The lowest BCUT2D eigenvalue weighted by Crippen LogP contribution is -2.55. The van der Waals surface area contributed by atoms with Crippen molar-refractivity contribution in [2.75, 3.05) is 26.9 Å². The van der Waals surface area contributed by atoms with Gasteiger partial charge in [0.05, 0.1) is 31.4 Å². The normalized spacial score (nSPS) is 26.7. The molecule has 1 aromatic heterocycles. The number of carbonyl (C=O) groups is 1. The number of piperidine rings is 1. The minimum atomic E-state index is -0.0372. The van der Waals surface area contributed by atoms with Crippen molar-refractivity contribution in [2.45, 2.75) is 75.5 Å². The zero-order valence-corrected chi connectivity index (χ0v) is 19.9. The molecule has 4 rings (SSSR count). The molecule has 33 heavy (non-hydrogen) atoms. The first kappa shape index (κ1) is 23.8. The van der Waals surface area contributed by atoms with Gasteiger partial charge in [0.25, 0.3) is 0 Å². The molecule has 3 atom stereocenters. The second kappa shape index (κ2) is 11.7. The number of ether oxygens (including phenoxy) is 2. The van der Waals surface area contributed by atoms with Gasteiger partial charge in [0.1, 0.15) is 0 Å². The number of benzene rings is 1. The molecule has 2 fully saturated rings. The summed E-state index contributed by atoms with van der Waals surface area (Å²) in [7, 11) is 1.65. The Morgan fingerprint density at radius 1 is 1.18 bits per heavy atom. The molecule has 1 saturated heterocycles. The van der Waals surface area contributed by atoms with Crippen LogP contribution < -0.4 is 5.32 Å². The first-order valence-corrected chi connectivity index (χ1v) is 12.4. The zero-order valence-electron chi connectivity index (χ0n) is 19.9. The molecule has 1 unspecified atom stereocenters. The standard InChI is InChI=1S/C26H38N4O3/c1-19(17-32-2)28-26(31)30-16-6-9-23(24-14-15-27-29-24)25(30)18-33-22-12-10-21(11-13-22)20-7-4-3-5-8-20/h3-5,7-8,14-15,19,21-23,25H,6,9-13,16-18H2,1-2H3,(H,27,29)(H,28,31)/t19?,21?,22?,23-,25+/m1/s1. The highest BCUT2D eigenvalue weighted by Crippen LogP contribution is 2.36. The molecule has 0 spiro atoms. The summed E-state index contributed by atoms with van der Waals surface area (Å²) >= 11 is 0. The van der Waals surface area contributed by atoms with Gasteiger partial charge < -0.3 is 19.7 Å². The van der Waals surface area contributed by atoms with E-state index in [0.29, 0.717) is 19.1 Å². The van der Waals surface area contributed by atoms with E-state index >= 15 is 0 Å². The van der Waals surface area contributed by atoms with Crippen molar-refractivity contribution in [1.29, 1.82) is 0 Å². The van der Waals surface area contributed by atoms with Crippen LogP contribution in [0.3, 0.4) is 0 Å². The van der Waals surface area contributed by atoms with Gasteiger partial charge in [0.2, 0.25) is 0 Å². The van der Waals surface area contributed by atoms with Gasteiger partial charge >= 0.3 is 6.03 Å². The van der Waals surface area contributed by atoms with Gasteiger partial charge in [0.15, 0.2) is 0 Å².